The number of imidazole rings is 2. The van der Waals surface area contributed by atoms with Gasteiger partial charge < -0.3 is 5.73 Å². The average molecular weight is 379 g/mol. The van der Waals surface area contributed by atoms with Gasteiger partial charge in [0.05, 0.1) is 6.20 Å². The molecule has 0 saturated heterocycles. The maximum absolute atomic E-state index is 5.70. The molecule has 20 heavy (non-hydrogen) atoms. The molecule has 2 N–H and O–H groups in total. The molecule has 0 aliphatic heterocycles. The Morgan fingerprint density at radius 3 is 2.70 bits per heavy atom. The van der Waals surface area contributed by atoms with Crippen molar-refractivity contribution < 1.29 is 0 Å². The Morgan fingerprint density at radius 2 is 1.80 bits per heavy atom. The second-order valence-electron chi connectivity index (χ2n) is 3.95. The lowest BCUT2D eigenvalue weighted by atomic mass is 10.5. The van der Waals surface area contributed by atoms with Gasteiger partial charge in [-0.2, -0.15) is 4.98 Å². The van der Waals surface area contributed by atoms with Gasteiger partial charge in [0.1, 0.15) is 33.7 Å². The molecule has 4 aromatic heterocycles. The predicted molar refractivity (Wildman–Crippen MR) is 78.6 cm³/mol. The Bertz CT molecular complexity index is 940. The molecule has 4 rings (SSSR count). The second-order valence-corrected chi connectivity index (χ2v) is 4.98. The summed E-state index contributed by atoms with van der Waals surface area (Å²) in [7, 11) is 0. The second kappa shape index (κ2) is 4.06. The molecule has 0 aromatic carbocycles. The number of halogens is 1. The van der Waals surface area contributed by atoms with Crippen LogP contribution in [-0.4, -0.2) is 39.3 Å². The molecular weight excluding hydrogens is 373 g/mol. The third-order valence-electron chi connectivity index (χ3n) is 2.78. The van der Waals surface area contributed by atoms with E-state index in [0.29, 0.717) is 26.0 Å². The summed E-state index contributed by atoms with van der Waals surface area (Å²) in [5.74, 6) is 0.197. The van der Waals surface area contributed by atoms with Crippen LogP contribution in [0.25, 0.3) is 22.3 Å². The van der Waals surface area contributed by atoms with Gasteiger partial charge in [-0.15, -0.1) is 0 Å². The van der Waals surface area contributed by atoms with Gasteiger partial charge in [0.15, 0.2) is 11.3 Å². The maximum Gasteiger partial charge on any atom is 0.223 e. The van der Waals surface area contributed by atoms with Crippen LogP contribution in [0.3, 0.4) is 0 Å². The van der Waals surface area contributed by atoms with E-state index in [1.807, 2.05) is 0 Å². The lowest BCUT2D eigenvalue weighted by molar-refractivity contribution is 0.687. The fourth-order valence-electron chi connectivity index (χ4n) is 1.94. The molecule has 98 valence electrons. The Hall–Kier alpha value is -2.37. The van der Waals surface area contributed by atoms with E-state index in [1.54, 1.807) is 28.2 Å². The molecule has 9 nitrogen and oxygen atoms in total. The minimum absolute atomic E-state index is 0.197. The van der Waals surface area contributed by atoms with Crippen molar-refractivity contribution in [1.29, 1.82) is 0 Å². The van der Waals surface area contributed by atoms with Crippen LogP contribution in [0, 0.1) is 3.70 Å². The minimum atomic E-state index is 0.197. The van der Waals surface area contributed by atoms with Gasteiger partial charge >= 0.3 is 0 Å². The van der Waals surface area contributed by atoms with Crippen molar-refractivity contribution in [2.24, 2.45) is 0 Å². The number of aromatic nitrogens is 8. The highest BCUT2D eigenvalue weighted by molar-refractivity contribution is 14.1. The molecule has 0 aliphatic rings. The topological polar surface area (TPSA) is 113 Å². The summed E-state index contributed by atoms with van der Waals surface area (Å²) in [4.78, 5) is 25.0. The van der Waals surface area contributed by atoms with Crippen LogP contribution in [0.2, 0.25) is 0 Å². The van der Waals surface area contributed by atoms with E-state index in [2.05, 4.69) is 52.5 Å². The third kappa shape index (κ3) is 1.54. The molecule has 4 heterocycles. The maximum atomic E-state index is 5.70. The van der Waals surface area contributed by atoms with Gasteiger partial charge in [-0.25, -0.2) is 34.3 Å². The number of anilines is 1. The van der Waals surface area contributed by atoms with Crippen molar-refractivity contribution in [1.82, 2.24) is 39.3 Å². The number of fused-ring (bicyclic) bond motifs is 2. The molecule has 0 bridgehead atoms. The van der Waals surface area contributed by atoms with Gasteiger partial charge in [0.25, 0.3) is 0 Å². The summed E-state index contributed by atoms with van der Waals surface area (Å²) in [5.41, 5.74) is 8.32. The number of nitrogen functional groups attached to an aromatic ring is 1. The first kappa shape index (κ1) is 11.5. The zero-order valence-corrected chi connectivity index (χ0v) is 12.0. The Labute approximate surface area is 125 Å². The zero-order chi connectivity index (χ0) is 13.7. The molecule has 4 aromatic rings. The van der Waals surface area contributed by atoms with Crippen LogP contribution in [0.4, 0.5) is 5.95 Å². The van der Waals surface area contributed by atoms with E-state index in [4.69, 9.17) is 5.73 Å². The minimum Gasteiger partial charge on any atom is -0.368 e. The molecule has 0 amide bonds. The monoisotopic (exact) mass is 379 g/mol. The summed E-state index contributed by atoms with van der Waals surface area (Å²) in [6.45, 7) is 0. The third-order valence-corrected chi connectivity index (χ3v) is 3.53. The molecule has 0 fully saturated rings. The SMILES string of the molecule is Nc1nc(I)c2ncn(-n3cnc4cncnc43)c2n1. The van der Waals surface area contributed by atoms with Crippen molar-refractivity contribution in [3.8, 4) is 0 Å². The van der Waals surface area contributed by atoms with Crippen molar-refractivity contribution >= 4 is 50.9 Å². The quantitative estimate of drug-likeness (QED) is 0.378. The van der Waals surface area contributed by atoms with Gasteiger partial charge in [-0.3, -0.25) is 0 Å². The van der Waals surface area contributed by atoms with Crippen LogP contribution in [0.1, 0.15) is 0 Å². The number of hydrogen-bond acceptors (Lipinski definition) is 7. The molecule has 0 spiro atoms. The van der Waals surface area contributed by atoms with Gasteiger partial charge in [-0.1, -0.05) is 0 Å². The molecule has 0 radical (unpaired) electrons. The molecule has 10 heteroatoms. The van der Waals surface area contributed by atoms with Crippen molar-refractivity contribution in [3.63, 3.8) is 0 Å². The summed E-state index contributed by atoms with van der Waals surface area (Å²) >= 11 is 2.08. The zero-order valence-electron chi connectivity index (χ0n) is 9.84. The molecule has 0 unspecified atom stereocenters. The van der Waals surface area contributed by atoms with E-state index >= 15 is 0 Å². The first-order chi connectivity index (χ1) is 9.74. The van der Waals surface area contributed by atoms with Crippen molar-refractivity contribution in [2.45, 2.75) is 0 Å². The summed E-state index contributed by atoms with van der Waals surface area (Å²) < 4.78 is 4.15. The fourth-order valence-corrected chi connectivity index (χ4v) is 2.57. The van der Waals surface area contributed by atoms with Crippen LogP contribution >= 0.6 is 22.6 Å². The lowest BCUT2D eigenvalue weighted by Crippen LogP contribution is -2.09. The largest absolute Gasteiger partial charge is 0.368 e. The summed E-state index contributed by atoms with van der Waals surface area (Å²) in [5, 5.41) is 0. The van der Waals surface area contributed by atoms with E-state index < -0.39 is 0 Å². The highest BCUT2D eigenvalue weighted by atomic mass is 127. The average Bonchev–Trinajstić information content (AvgIpc) is 3.02. The first-order valence-electron chi connectivity index (χ1n) is 5.54. The highest BCUT2D eigenvalue weighted by Gasteiger charge is 2.13. The smallest absolute Gasteiger partial charge is 0.223 e. The molecule has 0 saturated carbocycles. The van der Waals surface area contributed by atoms with Gasteiger partial charge in [-0.05, 0) is 22.6 Å². The Morgan fingerprint density at radius 1 is 1.00 bits per heavy atom. The lowest BCUT2D eigenvalue weighted by Gasteiger charge is -2.05. The summed E-state index contributed by atoms with van der Waals surface area (Å²) in [6.07, 6.45) is 6.37. The van der Waals surface area contributed by atoms with Crippen LogP contribution in [-0.2, 0) is 0 Å². The standard InChI is InChI=1S/C10H6IN9/c11-7-6-9(18-10(12)17-7)20(4-16-6)19-3-15-5-1-13-2-14-8(5)19/h1-4H,(H2,12,17,18). The Balaban J connectivity index is 2.08. The fraction of sp³-hybridized carbons (Fsp3) is 0. The van der Waals surface area contributed by atoms with E-state index in [0.717, 1.165) is 0 Å². The van der Waals surface area contributed by atoms with Gasteiger partial charge in [0, 0.05) is 0 Å². The van der Waals surface area contributed by atoms with E-state index in [9.17, 15) is 0 Å². The number of nitrogens with two attached hydrogens (primary N) is 1. The van der Waals surface area contributed by atoms with E-state index in [1.165, 1.54) is 6.33 Å². The summed E-state index contributed by atoms with van der Waals surface area (Å²) in [6, 6.07) is 0. The van der Waals surface area contributed by atoms with Crippen LogP contribution in [0.15, 0.2) is 25.2 Å². The normalized spacial score (nSPS) is 11.4. The first-order valence-corrected chi connectivity index (χ1v) is 6.61. The predicted octanol–water partition coefficient (Wildman–Crippen LogP) is 0.464. The van der Waals surface area contributed by atoms with E-state index in [-0.39, 0.29) is 5.95 Å². The number of nitrogens with zero attached hydrogens (tertiary/aromatic N) is 8. The van der Waals surface area contributed by atoms with Gasteiger partial charge in [0.2, 0.25) is 5.95 Å². The molecule has 0 atom stereocenters. The van der Waals surface area contributed by atoms with Crippen LogP contribution in [0.5, 0.6) is 0 Å². The highest BCUT2D eigenvalue weighted by Crippen LogP contribution is 2.18. The van der Waals surface area contributed by atoms with Crippen molar-refractivity contribution in [2.75, 3.05) is 5.73 Å². The van der Waals surface area contributed by atoms with Crippen LogP contribution < -0.4 is 5.73 Å². The molecular formula is C10H6IN9. The Kier molecular flexibility index (Phi) is 2.33. The number of rotatable bonds is 1. The van der Waals surface area contributed by atoms with Crippen molar-refractivity contribution in [3.05, 3.63) is 28.9 Å². The number of hydrogen-bond donors (Lipinski definition) is 1. The molecule has 0 aliphatic carbocycles.